The molecule has 1 heterocycles. The third kappa shape index (κ3) is 2.02. The maximum absolute atomic E-state index is 5.34. The molecule has 0 bridgehead atoms. The van der Waals surface area contributed by atoms with Gasteiger partial charge in [-0.3, -0.25) is 0 Å². The minimum atomic E-state index is 0.485. The highest BCUT2D eigenvalue weighted by Gasteiger charge is 2.10. The number of hydrogen-bond donors (Lipinski definition) is 0. The molecule has 0 unspecified atom stereocenters. The van der Waals surface area contributed by atoms with Crippen LogP contribution in [0.3, 0.4) is 0 Å². The van der Waals surface area contributed by atoms with Gasteiger partial charge in [-0.1, -0.05) is 0 Å². The van der Waals surface area contributed by atoms with Gasteiger partial charge in [-0.05, 0) is 34.1 Å². The second-order valence-corrected chi connectivity index (χ2v) is 3.83. The lowest BCUT2D eigenvalue weighted by atomic mass is 10.2. The van der Waals surface area contributed by atoms with Gasteiger partial charge in [0.15, 0.2) is 0 Å². The van der Waals surface area contributed by atoms with Crippen molar-refractivity contribution in [3.8, 4) is 17.2 Å². The van der Waals surface area contributed by atoms with Crippen LogP contribution in [0.15, 0.2) is 27.1 Å². The van der Waals surface area contributed by atoms with E-state index in [0.29, 0.717) is 11.8 Å². The predicted molar refractivity (Wildman–Crippen MR) is 58.7 cm³/mol. The van der Waals surface area contributed by atoms with Crippen molar-refractivity contribution < 1.29 is 9.15 Å². The average Bonchev–Trinajstić information content (AvgIpc) is 2.65. The lowest BCUT2D eigenvalue weighted by molar-refractivity contribution is 0.414. The molecule has 5 heteroatoms. The molecule has 0 spiro atoms. The van der Waals surface area contributed by atoms with E-state index in [1.54, 1.807) is 14.0 Å². The number of hydrogen-bond acceptors (Lipinski definition) is 4. The summed E-state index contributed by atoms with van der Waals surface area (Å²) in [5.74, 6) is 1.78. The second-order valence-electron chi connectivity index (χ2n) is 2.97. The van der Waals surface area contributed by atoms with E-state index in [-0.39, 0.29) is 0 Å². The molecule has 2 aromatic rings. The Morgan fingerprint density at radius 2 is 2.13 bits per heavy atom. The smallest absolute Gasteiger partial charge is 0.248 e. The summed E-state index contributed by atoms with van der Waals surface area (Å²) >= 11 is 3.42. The molecule has 15 heavy (non-hydrogen) atoms. The van der Waals surface area contributed by atoms with E-state index in [2.05, 4.69) is 26.1 Å². The van der Waals surface area contributed by atoms with Crippen molar-refractivity contribution >= 4 is 15.9 Å². The van der Waals surface area contributed by atoms with E-state index < -0.39 is 0 Å². The fraction of sp³-hybridized carbons (Fsp3) is 0.200. The number of nitrogens with zero attached hydrogens (tertiary/aromatic N) is 2. The summed E-state index contributed by atoms with van der Waals surface area (Å²) in [7, 11) is 1.62. The lowest BCUT2D eigenvalue weighted by Crippen LogP contribution is -1.85. The van der Waals surface area contributed by atoms with Crippen molar-refractivity contribution in [2.24, 2.45) is 0 Å². The molecule has 0 radical (unpaired) electrons. The van der Waals surface area contributed by atoms with Crippen molar-refractivity contribution in [3.05, 3.63) is 28.6 Å². The molecule has 0 atom stereocenters. The molecule has 0 N–H and O–H groups in total. The summed E-state index contributed by atoms with van der Waals surface area (Å²) in [6, 6.07) is 5.58. The number of halogens is 1. The Balaban J connectivity index is 2.51. The van der Waals surface area contributed by atoms with Gasteiger partial charge in [-0.2, -0.15) is 0 Å². The van der Waals surface area contributed by atoms with Crippen molar-refractivity contribution in [3.63, 3.8) is 0 Å². The van der Waals surface area contributed by atoms with Crippen LogP contribution in [-0.2, 0) is 0 Å². The first-order chi connectivity index (χ1) is 7.20. The van der Waals surface area contributed by atoms with E-state index in [1.165, 1.54) is 0 Å². The lowest BCUT2D eigenvalue weighted by Gasteiger charge is -2.03. The minimum absolute atomic E-state index is 0.485. The van der Waals surface area contributed by atoms with Crippen LogP contribution in [0.1, 0.15) is 5.89 Å². The standard InChI is InChI=1S/C10H9BrN2O2/c1-6-12-13-10(15-6)8-5-7(14-2)3-4-9(8)11/h3-5H,1-2H3. The van der Waals surface area contributed by atoms with Crippen LogP contribution in [-0.4, -0.2) is 17.3 Å². The topological polar surface area (TPSA) is 48.2 Å². The Morgan fingerprint density at radius 3 is 2.73 bits per heavy atom. The third-order valence-electron chi connectivity index (χ3n) is 1.93. The predicted octanol–water partition coefficient (Wildman–Crippen LogP) is 2.82. The van der Waals surface area contributed by atoms with Gasteiger partial charge >= 0.3 is 0 Å². The maximum atomic E-state index is 5.34. The molecule has 1 aromatic heterocycles. The summed E-state index contributed by atoms with van der Waals surface area (Å²) in [4.78, 5) is 0. The van der Waals surface area contributed by atoms with E-state index in [4.69, 9.17) is 9.15 Å². The van der Waals surface area contributed by atoms with Crippen molar-refractivity contribution in [2.75, 3.05) is 7.11 Å². The molecular formula is C10H9BrN2O2. The highest BCUT2D eigenvalue weighted by atomic mass is 79.9. The number of aryl methyl sites for hydroxylation is 1. The zero-order chi connectivity index (χ0) is 10.8. The number of rotatable bonds is 2. The van der Waals surface area contributed by atoms with Crippen LogP contribution < -0.4 is 4.74 Å². The van der Waals surface area contributed by atoms with Gasteiger partial charge in [0.2, 0.25) is 11.8 Å². The van der Waals surface area contributed by atoms with Crippen molar-refractivity contribution in [2.45, 2.75) is 6.92 Å². The normalized spacial score (nSPS) is 10.3. The summed E-state index contributed by atoms with van der Waals surface area (Å²) in [5.41, 5.74) is 0.829. The first-order valence-corrected chi connectivity index (χ1v) is 5.14. The van der Waals surface area contributed by atoms with Gasteiger partial charge in [0, 0.05) is 11.4 Å². The fourth-order valence-corrected chi connectivity index (χ4v) is 1.62. The first kappa shape index (κ1) is 10.2. The molecule has 2 rings (SSSR count). The SMILES string of the molecule is COc1ccc(Br)c(-c2nnc(C)o2)c1. The largest absolute Gasteiger partial charge is 0.497 e. The van der Waals surface area contributed by atoms with Crippen molar-refractivity contribution in [1.82, 2.24) is 10.2 Å². The van der Waals surface area contributed by atoms with E-state index in [1.807, 2.05) is 18.2 Å². The Labute approximate surface area is 95.4 Å². The third-order valence-corrected chi connectivity index (χ3v) is 2.62. The Bertz CT molecular complexity index is 482. The molecule has 0 aliphatic heterocycles. The molecular weight excluding hydrogens is 260 g/mol. The monoisotopic (exact) mass is 268 g/mol. The second kappa shape index (κ2) is 4.02. The first-order valence-electron chi connectivity index (χ1n) is 4.34. The molecule has 78 valence electrons. The molecule has 4 nitrogen and oxygen atoms in total. The molecule has 0 saturated carbocycles. The number of aromatic nitrogens is 2. The van der Waals surface area contributed by atoms with Crippen LogP contribution in [0, 0.1) is 6.92 Å². The number of methoxy groups -OCH3 is 1. The molecule has 1 aromatic carbocycles. The van der Waals surface area contributed by atoms with Gasteiger partial charge in [-0.25, -0.2) is 0 Å². The van der Waals surface area contributed by atoms with Crippen LogP contribution >= 0.6 is 15.9 Å². The van der Waals surface area contributed by atoms with Crippen molar-refractivity contribution in [1.29, 1.82) is 0 Å². The van der Waals surface area contributed by atoms with E-state index in [0.717, 1.165) is 15.8 Å². The van der Waals surface area contributed by atoms with Gasteiger partial charge in [0.1, 0.15) is 5.75 Å². The fourth-order valence-electron chi connectivity index (χ4n) is 1.20. The summed E-state index contributed by atoms with van der Waals surface area (Å²) in [6.07, 6.45) is 0. The maximum Gasteiger partial charge on any atom is 0.248 e. The average molecular weight is 269 g/mol. The molecule has 0 aliphatic carbocycles. The van der Waals surface area contributed by atoms with Crippen LogP contribution in [0.4, 0.5) is 0 Å². The highest BCUT2D eigenvalue weighted by molar-refractivity contribution is 9.10. The Morgan fingerprint density at radius 1 is 1.33 bits per heavy atom. The molecule has 0 aliphatic rings. The van der Waals surface area contributed by atoms with Gasteiger partial charge in [-0.15, -0.1) is 10.2 Å². The van der Waals surface area contributed by atoms with E-state index >= 15 is 0 Å². The molecule has 0 saturated heterocycles. The number of ether oxygens (including phenoxy) is 1. The van der Waals surface area contributed by atoms with Crippen LogP contribution in [0.25, 0.3) is 11.5 Å². The summed E-state index contributed by atoms with van der Waals surface area (Å²) in [6.45, 7) is 1.75. The summed E-state index contributed by atoms with van der Waals surface area (Å²) in [5, 5.41) is 7.73. The number of benzene rings is 1. The van der Waals surface area contributed by atoms with E-state index in [9.17, 15) is 0 Å². The molecule has 0 amide bonds. The van der Waals surface area contributed by atoms with Gasteiger partial charge in [0.25, 0.3) is 0 Å². The van der Waals surface area contributed by atoms with Crippen LogP contribution in [0.2, 0.25) is 0 Å². The minimum Gasteiger partial charge on any atom is -0.497 e. The van der Waals surface area contributed by atoms with Gasteiger partial charge < -0.3 is 9.15 Å². The zero-order valence-electron chi connectivity index (χ0n) is 8.32. The zero-order valence-corrected chi connectivity index (χ0v) is 9.91. The molecule has 0 fully saturated rings. The Hall–Kier alpha value is -1.36. The van der Waals surface area contributed by atoms with Gasteiger partial charge in [0.05, 0.1) is 12.7 Å². The summed E-state index contributed by atoms with van der Waals surface area (Å²) < 4.78 is 11.4. The van der Waals surface area contributed by atoms with Crippen LogP contribution in [0.5, 0.6) is 5.75 Å². The quantitative estimate of drug-likeness (QED) is 0.841. The Kier molecular flexibility index (Phi) is 2.73. The highest BCUT2D eigenvalue weighted by Crippen LogP contribution is 2.30.